The van der Waals surface area contributed by atoms with Gasteiger partial charge in [0.05, 0.1) is 5.69 Å². The van der Waals surface area contributed by atoms with E-state index in [0.29, 0.717) is 16.4 Å². The number of hydrogen-bond donors (Lipinski definition) is 1. The van der Waals surface area contributed by atoms with Gasteiger partial charge in [-0.05, 0) is 48.9 Å². The molecule has 0 saturated carbocycles. The third-order valence-corrected chi connectivity index (χ3v) is 3.95. The minimum absolute atomic E-state index is 0.0262. The Kier molecular flexibility index (Phi) is 5.13. The Hall–Kier alpha value is -3.00. The molecule has 9 heteroatoms. The molecule has 0 aliphatic rings. The van der Waals surface area contributed by atoms with Gasteiger partial charge in [0.1, 0.15) is 12.1 Å². The minimum Gasteiger partial charge on any atom is -0.435 e. The van der Waals surface area contributed by atoms with Crippen molar-refractivity contribution in [3.8, 4) is 11.4 Å². The zero-order chi connectivity index (χ0) is 18.7. The van der Waals surface area contributed by atoms with Crippen molar-refractivity contribution in [3.05, 3.63) is 65.2 Å². The normalized spacial score (nSPS) is 10.8. The first-order chi connectivity index (χ1) is 12.4. The third-order valence-electron chi connectivity index (χ3n) is 3.54. The van der Waals surface area contributed by atoms with Gasteiger partial charge in [-0.25, -0.2) is 9.67 Å². The third kappa shape index (κ3) is 3.97. The zero-order valence-corrected chi connectivity index (χ0v) is 14.2. The van der Waals surface area contributed by atoms with Crippen molar-refractivity contribution in [1.82, 2.24) is 14.8 Å². The van der Waals surface area contributed by atoms with E-state index in [0.717, 1.165) is 5.56 Å². The fraction of sp³-hybridized carbons (Fsp3) is 0.118. The Morgan fingerprint density at radius 3 is 2.65 bits per heavy atom. The lowest BCUT2D eigenvalue weighted by molar-refractivity contribution is -0.0498. The van der Waals surface area contributed by atoms with Crippen molar-refractivity contribution in [1.29, 1.82) is 0 Å². The minimum atomic E-state index is -2.89. The van der Waals surface area contributed by atoms with Crippen molar-refractivity contribution in [2.45, 2.75) is 13.5 Å². The molecule has 0 bridgehead atoms. The highest BCUT2D eigenvalue weighted by Crippen LogP contribution is 2.23. The van der Waals surface area contributed by atoms with Crippen molar-refractivity contribution in [2.75, 3.05) is 5.32 Å². The summed E-state index contributed by atoms with van der Waals surface area (Å²) in [7, 11) is 0. The average Bonchev–Trinajstić information content (AvgIpc) is 3.09. The summed E-state index contributed by atoms with van der Waals surface area (Å²) in [5.41, 5.74) is 1.83. The number of amides is 1. The second-order valence-electron chi connectivity index (χ2n) is 5.25. The van der Waals surface area contributed by atoms with Crippen LogP contribution in [0.2, 0.25) is 5.02 Å². The van der Waals surface area contributed by atoms with Gasteiger partial charge in [0.25, 0.3) is 5.91 Å². The second kappa shape index (κ2) is 7.49. The highest BCUT2D eigenvalue weighted by atomic mass is 35.5. The first-order valence-corrected chi connectivity index (χ1v) is 7.85. The number of hydrogen-bond acceptors (Lipinski definition) is 4. The van der Waals surface area contributed by atoms with Gasteiger partial charge in [0, 0.05) is 10.7 Å². The summed E-state index contributed by atoms with van der Waals surface area (Å²) >= 11 is 6.03. The quantitative estimate of drug-likeness (QED) is 0.726. The van der Waals surface area contributed by atoms with Crippen LogP contribution in [0.5, 0.6) is 5.75 Å². The first-order valence-electron chi connectivity index (χ1n) is 7.47. The van der Waals surface area contributed by atoms with Gasteiger partial charge in [0.2, 0.25) is 5.82 Å². The molecule has 0 aliphatic heterocycles. The SMILES string of the molecule is Cc1c(Cl)cccc1NC(=O)c1ncn(-c2ccc(OC(F)F)cc2)n1. The molecule has 0 radical (unpaired) electrons. The van der Waals surface area contributed by atoms with Crippen LogP contribution in [-0.4, -0.2) is 27.3 Å². The first kappa shape index (κ1) is 17.8. The fourth-order valence-corrected chi connectivity index (χ4v) is 2.37. The average molecular weight is 379 g/mol. The molecule has 1 heterocycles. The number of ether oxygens (including phenoxy) is 1. The maximum Gasteiger partial charge on any atom is 0.387 e. The van der Waals surface area contributed by atoms with Crippen molar-refractivity contribution < 1.29 is 18.3 Å². The predicted octanol–water partition coefficient (Wildman–Crippen LogP) is 4.08. The van der Waals surface area contributed by atoms with E-state index in [1.165, 1.54) is 35.3 Å². The van der Waals surface area contributed by atoms with Crippen LogP contribution in [0.15, 0.2) is 48.8 Å². The van der Waals surface area contributed by atoms with Crippen molar-refractivity contribution in [3.63, 3.8) is 0 Å². The summed E-state index contributed by atoms with van der Waals surface area (Å²) < 4.78 is 30.0. The lowest BCUT2D eigenvalue weighted by Gasteiger charge is -2.07. The van der Waals surface area contributed by atoms with E-state index in [4.69, 9.17) is 11.6 Å². The molecule has 1 amide bonds. The maximum absolute atomic E-state index is 12.3. The Balaban J connectivity index is 1.74. The van der Waals surface area contributed by atoms with Crippen LogP contribution in [-0.2, 0) is 0 Å². The molecule has 26 heavy (non-hydrogen) atoms. The number of carbonyl (C=O) groups is 1. The lowest BCUT2D eigenvalue weighted by atomic mass is 10.2. The van der Waals surface area contributed by atoms with Crippen LogP contribution in [0, 0.1) is 6.92 Å². The fourth-order valence-electron chi connectivity index (χ4n) is 2.19. The van der Waals surface area contributed by atoms with E-state index < -0.39 is 12.5 Å². The van der Waals surface area contributed by atoms with Crippen LogP contribution in [0.1, 0.15) is 16.2 Å². The summed E-state index contributed by atoms with van der Waals surface area (Å²) in [6.45, 7) is -1.11. The maximum atomic E-state index is 12.3. The van der Waals surface area contributed by atoms with Crippen LogP contribution in [0.4, 0.5) is 14.5 Å². The van der Waals surface area contributed by atoms with Gasteiger partial charge in [-0.15, -0.1) is 5.10 Å². The number of alkyl halides is 2. The molecule has 0 aliphatic carbocycles. The monoisotopic (exact) mass is 378 g/mol. The number of aromatic nitrogens is 3. The highest BCUT2D eigenvalue weighted by Gasteiger charge is 2.14. The molecule has 0 fully saturated rings. The Morgan fingerprint density at radius 1 is 1.23 bits per heavy atom. The van der Waals surface area contributed by atoms with Crippen molar-refractivity contribution in [2.24, 2.45) is 0 Å². The van der Waals surface area contributed by atoms with Gasteiger partial charge in [-0.3, -0.25) is 4.79 Å². The molecule has 1 N–H and O–H groups in total. The molecule has 134 valence electrons. The predicted molar refractivity (Wildman–Crippen MR) is 92.1 cm³/mol. The molecule has 2 aromatic carbocycles. The molecule has 0 spiro atoms. The van der Waals surface area contributed by atoms with Gasteiger partial charge in [-0.1, -0.05) is 17.7 Å². The van der Waals surface area contributed by atoms with Gasteiger partial charge < -0.3 is 10.1 Å². The molecule has 6 nitrogen and oxygen atoms in total. The van der Waals surface area contributed by atoms with E-state index in [1.807, 2.05) is 0 Å². The van der Waals surface area contributed by atoms with Crippen LogP contribution in [0.25, 0.3) is 5.69 Å². The lowest BCUT2D eigenvalue weighted by Crippen LogP contribution is -2.15. The van der Waals surface area contributed by atoms with Gasteiger partial charge >= 0.3 is 6.61 Å². The Morgan fingerprint density at radius 2 is 1.96 bits per heavy atom. The number of nitrogens with one attached hydrogen (secondary N) is 1. The summed E-state index contributed by atoms with van der Waals surface area (Å²) in [6, 6.07) is 11.0. The standard InChI is InChI=1S/C17H13ClF2N4O2/c1-10-13(18)3-2-4-14(10)22-16(25)15-21-9-24(23-15)11-5-7-12(8-6-11)26-17(19)20/h2-9,17H,1H3,(H,22,25). The number of rotatable bonds is 5. The van der Waals surface area contributed by atoms with Crippen molar-refractivity contribution >= 4 is 23.2 Å². The molecular formula is C17H13ClF2N4O2. The van der Waals surface area contributed by atoms with Gasteiger partial charge in [-0.2, -0.15) is 8.78 Å². The van der Waals surface area contributed by atoms with Crippen LogP contribution >= 0.6 is 11.6 Å². The Labute approximate surface area is 152 Å². The van der Waals surface area contributed by atoms with E-state index in [1.54, 1.807) is 25.1 Å². The number of nitrogens with zero attached hydrogens (tertiary/aromatic N) is 3. The summed E-state index contributed by atoms with van der Waals surface area (Å²) in [4.78, 5) is 16.3. The van der Waals surface area contributed by atoms with E-state index in [9.17, 15) is 13.6 Å². The number of anilines is 1. The molecule has 0 unspecified atom stereocenters. The molecule has 3 rings (SSSR count). The largest absolute Gasteiger partial charge is 0.435 e. The molecular weight excluding hydrogens is 366 g/mol. The summed E-state index contributed by atoms with van der Waals surface area (Å²) in [5.74, 6) is -0.512. The topological polar surface area (TPSA) is 69.0 Å². The number of halogens is 3. The van der Waals surface area contributed by atoms with E-state index in [2.05, 4.69) is 20.1 Å². The van der Waals surface area contributed by atoms with Crippen LogP contribution < -0.4 is 10.1 Å². The zero-order valence-electron chi connectivity index (χ0n) is 13.5. The molecule has 1 aromatic heterocycles. The number of carbonyl (C=O) groups excluding carboxylic acids is 1. The summed E-state index contributed by atoms with van der Waals surface area (Å²) in [5, 5.41) is 7.32. The molecule has 0 saturated heterocycles. The highest BCUT2D eigenvalue weighted by molar-refractivity contribution is 6.31. The van der Waals surface area contributed by atoms with E-state index >= 15 is 0 Å². The molecule has 3 aromatic rings. The molecule has 0 atom stereocenters. The van der Waals surface area contributed by atoms with E-state index in [-0.39, 0.29) is 11.6 Å². The second-order valence-corrected chi connectivity index (χ2v) is 5.66. The number of benzene rings is 2. The smallest absolute Gasteiger partial charge is 0.387 e. The van der Waals surface area contributed by atoms with Crippen LogP contribution in [0.3, 0.4) is 0 Å². The van der Waals surface area contributed by atoms with Gasteiger partial charge in [0.15, 0.2) is 0 Å². The summed E-state index contributed by atoms with van der Waals surface area (Å²) in [6.07, 6.45) is 1.35. The Bertz CT molecular complexity index is 929.